The second kappa shape index (κ2) is 9.81. The number of halogens is 2. The highest BCUT2D eigenvalue weighted by Gasteiger charge is 2.39. The molecule has 1 amide bonds. The van der Waals surface area contributed by atoms with Gasteiger partial charge in [0.2, 0.25) is 5.91 Å². The van der Waals surface area contributed by atoms with Crippen LogP contribution in [0.3, 0.4) is 0 Å². The van der Waals surface area contributed by atoms with Crippen molar-refractivity contribution in [3.63, 3.8) is 0 Å². The largest absolute Gasteiger partial charge is 0.354 e. The first-order valence-electron chi connectivity index (χ1n) is 6.70. The molecule has 0 aliphatic heterocycles. The standard InChI is InChI=1S/C13H27N3O.2ClH/c1-11(2)16(3)9-8-15-12(17)13(10-14)6-4-5-7-13;;/h11H,4-10,14H2,1-3H3,(H,15,17);2*1H. The molecule has 1 aliphatic rings. The van der Waals surface area contributed by atoms with Crippen LogP contribution in [0.25, 0.3) is 0 Å². The van der Waals surface area contributed by atoms with Crippen LogP contribution in [0.15, 0.2) is 0 Å². The number of carbonyl (C=O) groups is 1. The number of nitrogens with zero attached hydrogens (tertiary/aromatic N) is 1. The molecule has 0 heterocycles. The molecule has 0 atom stereocenters. The summed E-state index contributed by atoms with van der Waals surface area (Å²) in [4.78, 5) is 14.4. The molecule has 116 valence electrons. The van der Waals surface area contributed by atoms with Gasteiger partial charge in [-0.15, -0.1) is 24.8 Å². The molecule has 1 fully saturated rings. The third-order valence-corrected chi connectivity index (χ3v) is 4.06. The van der Waals surface area contributed by atoms with Crippen molar-refractivity contribution < 1.29 is 4.79 Å². The Morgan fingerprint density at radius 3 is 2.26 bits per heavy atom. The molecule has 0 bridgehead atoms. The topological polar surface area (TPSA) is 58.4 Å². The van der Waals surface area contributed by atoms with E-state index in [9.17, 15) is 4.79 Å². The Bertz CT molecular complexity index is 256. The number of carbonyl (C=O) groups excluding carboxylic acids is 1. The molecule has 4 nitrogen and oxygen atoms in total. The van der Waals surface area contributed by atoms with E-state index in [1.807, 2.05) is 0 Å². The van der Waals surface area contributed by atoms with Crippen LogP contribution in [0, 0.1) is 5.41 Å². The minimum Gasteiger partial charge on any atom is -0.354 e. The van der Waals surface area contributed by atoms with Crippen LogP contribution in [0.4, 0.5) is 0 Å². The highest BCUT2D eigenvalue weighted by molar-refractivity contribution is 5.85. The van der Waals surface area contributed by atoms with Crippen LogP contribution >= 0.6 is 24.8 Å². The van der Waals surface area contributed by atoms with E-state index in [1.54, 1.807) is 0 Å². The molecule has 0 aromatic rings. The first-order chi connectivity index (χ1) is 8.02. The van der Waals surface area contributed by atoms with Crippen LogP contribution < -0.4 is 11.1 Å². The zero-order chi connectivity index (χ0) is 12.9. The highest BCUT2D eigenvalue weighted by Crippen LogP contribution is 2.37. The van der Waals surface area contributed by atoms with Crippen molar-refractivity contribution in [3.8, 4) is 0 Å². The van der Waals surface area contributed by atoms with Crippen molar-refractivity contribution in [1.29, 1.82) is 0 Å². The van der Waals surface area contributed by atoms with Crippen LogP contribution in [0.1, 0.15) is 39.5 Å². The van der Waals surface area contributed by atoms with Crippen LogP contribution in [-0.4, -0.2) is 43.5 Å². The predicted molar refractivity (Wildman–Crippen MR) is 85.2 cm³/mol. The quantitative estimate of drug-likeness (QED) is 0.786. The minimum atomic E-state index is -0.267. The molecule has 0 unspecified atom stereocenters. The summed E-state index contributed by atoms with van der Waals surface area (Å²) in [6.07, 6.45) is 4.18. The Hall–Kier alpha value is -0.0300. The van der Waals surface area contributed by atoms with Gasteiger partial charge in [-0.3, -0.25) is 4.79 Å². The van der Waals surface area contributed by atoms with Gasteiger partial charge in [0.1, 0.15) is 0 Å². The van der Waals surface area contributed by atoms with Crippen molar-refractivity contribution in [2.24, 2.45) is 11.1 Å². The summed E-state index contributed by atoms with van der Waals surface area (Å²) in [5, 5.41) is 3.04. The highest BCUT2D eigenvalue weighted by atomic mass is 35.5. The molecule has 0 aromatic heterocycles. The average molecular weight is 314 g/mol. The SMILES string of the molecule is CC(C)N(C)CCNC(=O)C1(CN)CCCC1.Cl.Cl. The summed E-state index contributed by atoms with van der Waals surface area (Å²) in [6, 6.07) is 0.516. The van der Waals surface area contributed by atoms with Gasteiger partial charge in [-0.1, -0.05) is 12.8 Å². The number of amides is 1. The Balaban J connectivity index is 0. The second-order valence-electron chi connectivity index (χ2n) is 5.52. The number of nitrogens with two attached hydrogens (primary N) is 1. The maximum absolute atomic E-state index is 12.1. The van der Waals surface area contributed by atoms with Crippen molar-refractivity contribution >= 4 is 30.7 Å². The summed E-state index contributed by atoms with van der Waals surface area (Å²) in [7, 11) is 2.07. The van der Waals surface area contributed by atoms with Gasteiger partial charge < -0.3 is 16.0 Å². The van der Waals surface area contributed by atoms with E-state index in [-0.39, 0.29) is 36.1 Å². The van der Waals surface area contributed by atoms with Gasteiger partial charge in [0.05, 0.1) is 5.41 Å². The van der Waals surface area contributed by atoms with Gasteiger partial charge in [-0.25, -0.2) is 0 Å². The molecule has 0 saturated heterocycles. The van der Waals surface area contributed by atoms with Gasteiger partial charge in [-0.05, 0) is 33.7 Å². The summed E-state index contributed by atoms with van der Waals surface area (Å²) in [5.41, 5.74) is 5.51. The van der Waals surface area contributed by atoms with Gasteiger partial charge in [-0.2, -0.15) is 0 Å². The van der Waals surface area contributed by atoms with Crippen molar-refractivity contribution in [2.75, 3.05) is 26.7 Å². The smallest absolute Gasteiger partial charge is 0.227 e. The fourth-order valence-corrected chi connectivity index (χ4v) is 2.37. The Kier molecular flexibility index (Phi) is 11.0. The lowest BCUT2D eigenvalue weighted by molar-refractivity contribution is -0.130. The van der Waals surface area contributed by atoms with Crippen molar-refractivity contribution in [1.82, 2.24) is 10.2 Å². The van der Waals surface area contributed by atoms with E-state index >= 15 is 0 Å². The van der Waals surface area contributed by atoms with Crippen LogP contribution in [0.2, 0.25) is 0 Å². The maximum Gasteiger partial charge on any atom is 0.227 e. The monoisotopic (exact) mass is 313 g/mol. The molecule has 1 aliphatic carbocycles. The number of hydrogen-bond donors (Lipinski definition) is 2. The molecule has 0 radical (unpaired) electrons. The van der Waals surface area contributed by atoms with E-state index in [1.165, 1.54) is 0 Å². The zero-order valence-electron chi connectivity index (χ0n) is 12.3. The predicted octanol–water partition coefficient (Wildman–Crippen LogP) is 1.81. The number of likely N-dealkylation sites (N-methyl/N-ethyl adjacent to an activating group) is 1. The molecule has 1 rings (SSSR count). The lowest BCUT2D eigenvalue weighted by atomic mass is 9.85. The van der Waals surface area contributed by atoms with E-state index in [0.29, 0.717) is 12.6 Å². The lowest BCUT2D eigenvalue weighted by Gasteiger charge is -2.27. The van der Waals surface area contributed by atoms with Gasteiger partial charge in [0.15, 0.2) is 0 Å². The third kappa shape index (κ3) is 5.86. The zero-order valence-corrected chi connectivity index (χ0v) is 13.9. The van der Waals surface area contributed by atoms with Crippen LogP contribution in [0.5, 0.6) is 0 Å². The first-order valence-corrected chi connectivity index (χ1v) is 6.70. The second-order valence-corrected chi connectivity index (χ2v) is 5.52. The van der Waals surface area contributed by atoms with E-state index in [2.05, 4.69) is 31.1 Å². The third-order valence-electron chi connectivity index (χ3n) is 4.06. The van der Waals surface area contributed by atoms with Crippen molar-refractivity contribution in [2.45, 2.75) is 45.6 Å². The van der Waals surface area contributed by atoms with Gasteiger partial charge in [0.25, 0.3) is 0 Å². The van der Waals surface area contributed by atoms with E-state index in [0.717, 1.165) is 38.8 Å². The molecular formula is C13H29Cl2N3O. The average Bonchev–Trinajstić information content (AvgIpc) is 2.78. The molecule has 3 N–H and O–H groups in total. The summed E-state index contributed by atoms with van der Waals surface area (Å²) >= 11 is 0. The lowest BCUT2D eigenvalue weighted by Crippen LogP contribution is -2.46. The Labute approximate surface area is 129 Å². The summed E-state index contributed by atoms with van der Waals surface area (Å²) in [5.74, 6) is 0.162. The molecule has 0 aromatic carbocycles. The van der Waals surface area contributed by atoms with Gasteiger partial charge >= 0.3 is 0 Å². The summed E-state index contributed by atoms with van der Waals surface area (Å²) < 4.78 is 0. The van der Waals surface area contributed by atoms with Crippen molar-refractivity contribution in [3.05, 3.63) is 0 Å². The Morgan fingerprint density at radius 2 is 1.84 bits per heavy atom. The van der Waals surface area contributed by atoms with E-state index in [4.69, 9.17) is 5.73 Å². The fourth-order valence-electron chi connectivity index (χ4n) is 2.37. The number of nitrogens with one attached hydrogen (secondary N) is 1. The fraction of sp³-hybridized carbons (Fsp3) is 0.923. The Morgan fingerprint density at radius 1 is 1.32 bits per heavy atom. The minimum absolute atomic E-state index is 0. The van der Waals surface area contributed by atoms with E-state index < -0.39 is 0 Å². The first kappa shape index (κ1) is 21.3. The van der Waals surface area contributed by atoms with Gasteiger partial charge in [0, 0.05) is 25.7 Å². The molecule has 19 heavy (non-hydrogen) atoms. The number of hydrogen-bond acceptors (Lipinski definition) is 3. The number of rotatable bonds is 6. The van der Waals surface area contributed by atoms with Crippen LogP contribution in [-0.2, 0) is 4.79 Å². The normalized spacial score (nSPS) is 16.9. The molecule has 0 spiro atoms. The molecular weight excluding hydrogens is 285 g/mol. The molecule has 6 heteroatoms. The summed E-state index contributed by atoms with van der Waals surface area (Å²) in [6.45, 7) is 6.40. The maximum atomic E-state index is 12.1. The molecule has 1 saturated carbocycles.